The number of aromatic nitrogens is 1. The van der Waals surface area contributed by atoms with Gasteiger partial charge in [-0.2, -0.15) is 4.31 Å². The van der Waals surface area contributed by atoms with Crippen molar-refractivity contribution in [3.8, 4) is 0 Å². The Morgan fingerprint density at radius 1 is 1.25 bits per heavy atom. The van der Waals surface area contributed by atoms with E-state index in [1.165, 1.54) is 33.4 Å². The Bertz CT molecular complexity index is 751. The largest absolute Gasteiger partial charge is 0.379 e. The first-order valence-electron chi connectivity index (χ1n) is 6.14. The lowest BCUT2D eigenvalue weighted by Crippen LogP contribution is -2.40. The number of nitrogens with zero attached hydrogens (tertiary/aromatic N) is 2. The lowest BCUT2D eigenvalue weighted by atomic mass is 10.2. The summed E-state index contributed by atoms with van der Waals surface area (Å²) in [6, 6.07) is 3.89. The van der Waals surface area contributed by atoms with E-state index in [2.05, 4.69) is 0 Å². The topological polar surface area (TPSA) is 77.6 Å². The smallest absolute Gasteiger partial charge is 0.245 e. The number of nitrogens with two attached hydrogens (primary N) is 1. The monoisotopic (exact) mass is 299 g/mol. The first-order chi connectivity index (χ1) is 9.50. The van der Waals surface area contributed by atoms with Crippen molar-refractivity contribution in [3.63, 3.8) is 0 Å². The quantitative estimate of drug-likeness (QED) is 0.820. The van der Waals surface area contributed by atoms with Gasteiger partial charge >= 0.3 is 0 Å². The molecule has 1 aromatic heterocycles. The summed E-state index contributed by atoms with van der Waals surface area (Å²) < 4.78 is 46.3. The van der Waals surface area contributed by atoms with E-state index in [9.17, 15) is 12.8 Å². The normalized spacial score (nSPS) is 17.6. The minimum absolute atomic E-state index is 0.0244. The fourth-order valence-corrected chi connectivity index (χ4v) is 3.92. The number of ether oxygens (including phenoxy) is 1. The summed E-state index contributed by atoms with van der Waals surface area (Å²) in [6.07, 6.45) is 1.31. The summed E-state index contributed by atoms with van der Waals surface area (Å²) >= 11 is 0. The van der Waals surface area contributed by atoms with Crippen LogP contribution < -0.4 is 5.84 Å². The van der Waals surface area contributed by atoms with Crippen molar-refractivity contribution in [2.24, 2.45) is 0 Å². The highest BCUT2D eigenvalue weighted by molar-refractivity contribution is 7.89. The van der Waals surface area contributed by atoms with Gasteiger partial charge in [-0.1, -0.05) is 0 Å². The molecule has 3 rings (SSSR count). The van der Waals surface area contributed by atoms with Gasteiger partial charge in [0.1, 0.15) is 10.7 Å². The summed E-state index contributed by atoms with van der Waals surface area (Å²) in [5.41, 5.74) is 0.471. The molecule has 1 aliphatic heterocycles. The number of fused-ring (bicyclic) bond motifs is 1. The van der Waals surface area contributed by atoms with E-state index in [-0.39, 0.29) is 18.0 Å². The molecule has 1 saturated heterocycles. The van der Waals surface area contributed by atoms with E-state index in [4.69, 9.17) is 10.6 Å². The predicted octanol–water partition coefficient (Wildman–Crippen LogP) is 0.515. The molecule has 8 heteroatoms. The molecule has 0 aliphatic carbocycles. The van der Waals surface area contributed by atoms with Gasteiger partial charge in [-0.05, 0) is 18.2 Å². The second-order valence-electron chi connectivity index (χ2n) is 4.58. The van der Waals surface area contributed by atoms with Crippen molar-refractivity contribution in [2.75, 3.05) is 32.1 Å². The lowest BCUT2D eigenvalue weighted by molar-refractivity contribution is 0.0730. The minimum atomic E-state index is -3.70. The maximum atomic E-state index is 13.4. The molecule has 0 radical (unpaired) electrons. The van der Waals surface area contributed by atoms with Crippen LogP contribution in [0, 0.1) is 5.82 Å². The summed E-state index contributed by atoms with van der Waals surface area (Å²) in [6.45, 7) is 1.29. The third-order valence-corrected chi connectivity index (χ3v) is 5.27. The van der Waals surface area contributed by atoms with Crippen LogP contribution in [-0.2, 0) is 14.8 Å². The van der Waals surface area contributed by atoms with Gasteiger partial charge in [0, 0.05) is 24.7 Å². The van der Waals surface area contributed by atoms with Crippen LogP contribution in [0.4, 0.5) is 4.39 Å². The fourth-order valence-electron chi connectivity index (χ4n) is 2.33. The van der Waals surface area contributed by atoms with Crippen molar-refractivity contribution in [3.05, 3.63) is 30.2 Å². The van der Waals surface area contributed by atoms with Crippen LogP contribution >= 0.6 is 0 Å². The van der Waals surface area contributed by atoms with E-state index in [0.717, 1.165) is 0 Å². The van der Waals surface area contributed by atoms with E-state index >= 15 is 0 Å². The molecule has 20 heavy (non-hydrogen) atoms. The van der Waals surface area contributed by atoms with Gasteiger partial charge in [0.25, 0.3) is 0 Å². The molecule has 0 amide bonds. The second-order valence-corrected chi connectivity index (χ2v) is 6.48. The Kier molecular flexibility index (Phi) is 3.15. The van der Waals surface area contributed by atoms with E-state index in [1.807, 2.05) is 0 Å². The average Bonchev–Trinajstić information content (AvgIpc) is 2.77. The van der Waals surface area contributed by atoms with Gasteiger partial charge in [0.2, 0.25) is 10.0 Å². The van der Waals surface area contributed by atoms with Gasteiger partial charge in [0.05, 0.1) is 18.7 Å². The number of rotatable bonds is 2. The predicted molar refractivity (Wildman–Crippen MR) is 71.6 cm³/mol. The molecule has 0 saturated carbocycles. The Hall–Kier alpha value is -1.64. The van der Waals surface area contributed by atoms with Crippen LogP contribution in [-0.4, -0.2) is 43.7 Å². The van der Waals surface area contributed by atoms with Gasteiger partial charge in [0.15, 0.2) is 0 Å². The zero-order chi connectivity index (χ0) is 14.3. The highest BCUT2D eigenvalue weighted by Gasteiger charge is 2.29. The second kappa shape index (κ2) is 4.72. The van der Waals surface area contributed by atoms with Crippen LogP contribution in [0.5, 0.6) is 0 Å². The van der Waals surface area contributed by atoms with Crippen molar-refractivity contribution >= 4 is 20.9 Å². The SMILES string of the molecule is Nn1cc(S(=O)(=O)N2CCOCC2)c2cc(F)ccc21. The Morgan fingerprint density at radius 2 is 1.95 bits per heavy atom. The van der Waals surface area contributed by atoms with Gasteiger partial charge < -0.3 is 10.6 Å². The molecule has 0 spiro atoms. The van der Waals surface area contributed by atoms with Gasteiger partial charge in [-0.15, -0.1) is 0 Å². The third-order valence-electron chi connectivity index (χ3n) is 3.35. The number of hydrogen-bond acceptors (Lipinski definition) is 4. The molecule has 0 atom stereocenters. The number of hydrogen-bond donors (Lipinski definition) is 1. The maximum absolute atomic E-state index is 13.4. The molecule has 0 bridgehead atoms. The van der Waals surface area contributed by atoms with E-state index < -0.39 is 15.8 Å². The van der Waals surface area contributed by atoms with Crippen LogP contribution in [0.15, 0.2) is 29.3 Å². The molecule has 2 aromatic rings. The minimum Gasteiger partial charge on any atom is -0.379 e. The zero-order valence-corrected chi connectivity index (χ0v) is 11.4. The Balaban J connectivity index is 2.15. The van der Waals surface area contributed by atoms with Crippen molar-refractivity contribution in [1.29, 1.82) is 0 Å². The molecule has 1 aromatic carbocycles. The highest BCUT2D eigenvalue weighted by atomic mass is 32.2. The summed E-state index contributed by atoms with van der Waals surface area (Å²) in [5.74, 6) is 5.24. The Labute approximate surface area is 115 Å². The summed E-state index contributed by atoms with van der Waals surface area (Å²) in [7, 11) is -3.70. The first kappa shape index (κ1) is 13.3. The molecular weight excluding hydrogens is 285 g/mol. The van der Waals surface area contributed by atoms with Crippen molar-refractivity contribution in [1.82, 2.24) is 8.98 Å². The average molecular weight is 299 g/mol. The molecule has 6 nitrogen and oxygen atoms in total. The first-order valence-corrected chi connectivity index (χ1v) is 7.58. The number of nitrogen functional groups attached to an aromatic ring is 1. The number of halogens is 1. The number of sulfonamides is 1. The van der Waals surface area contributed by atoms with Crippen LogP contribution in [0.25, 0.3) is 10.9 Å². The molecule has 1 fully saturated rings. The third kappa shape index (κ3) is 2.05. The maximum Gasteiger partial charge on any atom is 0.245 e. The standard InChI is InChI=1S/C12H14FN3O3S/c13-9-1-2-11-10(7-9)12(8-16(11)14)20(17,18)15-3-5-19-6-4-15/h1-2,7-8H,3-6,14H2. The fraction of sp³-hybridized carbons (Fsp3) is 0.333. The van der Waals surface area contributed by atoms with E-state index in [0.29, 0.717) is 24.1 Å². The molecular formula is C12H14FN3O3S. The highest BCUT2D eigenvalue weighted by Crippen LogP contribution is 2.27. The molecule has 2 heterocycles. The van der Waals surface area contributed by atoms with Crippen molar-refractivity contribution < 1.29 is 17.5 Å². The zero-order valence-electron chi connectivity index (χ0n) is 10.6. The molecule has 108 valence electrons. The molecule has 0 unspecified atom stereocenters. The molecule has 1 aliphatic rings. The Morgan fingerprint density at radius 3 is 2.65 bits per heavy atom. The number of benzene rings is 1. The van der Waals surface area contributed by atoms with Crippen LogP contribution in [0.2, 0.25) is 0 Å². The summed E-state index contributed by atoms with van der Waals surface area (Å²) in [5, 5.41) is 0.291. The van der Waals surface area contributed by atoms with Crippen LogP contribution in [0.1, 0.15) is 0 Å². The van der Waals surface area contributed by atoms with Crippen LogP contribution in [0.3, 0.4) is 0 Å². The van der Waals surface area contributed by atoms with E-state index in [1.54, 1.807) is 0 Å². The summed E-state index contributed by atoms with van der Waals surface area (Å²) in [4.78, 5) is 0.0244. The lowest BCUT2D eigenvalue weighted by Gasteiger charge is -2.25. The van der Waals surface area contributed by atoms with Crippen molar-refractivity contribution in [2.45, 2.75) is 4.90 Å². The number of morpholine rings is 1. The van der Waals surface area contributed by atoms with Gasteiger partial charge in [-0.3, -0.25) is 4.68 Å². The molecule has 2 N–H and O–H groups in total. The van der Waals surface area contributed by atoms with Gasteiger partial charge in [-0.25, -0.2) is 12.8 Å².